The number of benzene rings is 1. The lowest BCUT2D eigenvalue weighted by Crippen LogP contribution is -2.06. The van der Waals surface area contributed by atoms with Gasteiger partial charge in [-0.3, -0.25) is 9.89 Å². The Morgan fingerprint density at radius 3 is 2.60 bits per heavy atom. The Hall–Kier alpha value is -2.85. The summed E-state index contributed by atoms with van der Waals surface area (Å²) in [6.45, 7) is 0. The molecular formula is C15H10FN3O4S2. The molecule has 2 N–H and O–H groups in total. The lowest BCUT2D eigenvalue weighted by atomic mass is 10.2. The molecule has 0 aliphatic rings. The van der Waals surface area contributed by atoms with Gasteiger partial charge in [0, 0.05) is 6.08 Å². The number of carbonyl (C=O) groups excluding carboxylic acids is 1. The van der Waals surface area contributed by atoms with E-state index in [1.165, 1.54) is 11.4 Å². The van der Waals surface area contributed by atoms with Crippen LogP contribution in [-0.4, -0.2) is 34.5 Å². The van der Waals surface area contributed by atoms with Crippen LogP contribution in [0.4, 0.5) is 4.39 Å². The van der Waals surface area contributed by atoms with E-state index in [1.807, 2.05) is 0 Å². The number of ketones is 1. The maximum Gasteiger partial charge on any atom is 0.208 e. The minimum atomic E-state index is -4.00. The molecule has 0 amide bonds. The minimum Gasteiger partial charge on any atom is -0.504 e. The van der Waals surface area contributed by atoms with Crippen LogP contribution in [0.25, 0.3) is 5.76 Å². The number of hydrogen-bond donors (Lipinski definition) is 2. The third-order valence-corrected chi connectivity index (χ3v) is 6.06. The van der Waals surface area contributed by atoms with Crippen molar-refractivity contribution in [2.75, 3.05) is 0 Å². The van der Waals surface area contributed by atoms with Crippen LogP contribution in [-0.2, 0) is 9.84 Å². The fraction of sp³-hybridized carbons (Fsp3) is 0. The predicted octanol–water partition coefficient (Wildman–Crippen LogP) is 2.62. The Bertz CT molecular complexity index is 1040. The Balaban J connectivity index is 1.99. The molecule has 128 valence electrons. The number of allylic oxidation sites excluding steroid dienone is 1. The van der Waals surface area contributed by atoms with Crippen molar-refractivity contribution in [3.05, 3.63) is 64.6 Å². The van der Waals surface area contributed by atoms with Gasteiger partial charge in [-0.15, -0.1) is 11.3 Å². The highest BCUT2D eigenvalue weighted by molar-refractivity contribution is 7.91. The molecule has 2 aromatic heterocycles. The van der Waals surface area contributed by atoms with Crippen molar-refractivity contribution in [2.45, 2.75) is 9.79 Å². The molecule has 0 aliphatic heterocycles. The van der Waals surface area contributed by atoms with Gasteiger partial charge in [-0.1, -0.05) is 0 Å². The first-order valence-electron chi connectivity index (χ1n) is 6.78. The van der Waals surface area contributed by atoms with Crippen LogP contribution in [0, 0.1) is 5.82 Å². The highest BCUT2D eigenvalue weighted by Gasteiger charge is 2.25. The molecule has 3 aromatic rings. The van der Waals surface area contributed by atoms with Crippen molar-refractivity contribution in [1.29, 1.82) is 0 Å². The number of halogens is 1. The topological polar surface area (TPSA) is 113 Å². The Morgan fingerprint density at radius 1 is 1.24 bits per heavy atom. The van der Waals surface area contributed by atoms with Crippen LogP contribution in [0.5, 0.6) is 0 Å². The second-order valence-electron chi connectivity index (χ2n) is 4.80. The van der Waals surface area contributed by atoms with Gasteiger partial charge in [0.1, 0.15) is 12.1 Å². The van der Waals surface area contributed by atoms with Crippen molar-refractivity contribution >= 4 is 32.7 Å². The molecule has 25 heavy (non-hydrogen) atoms. The van der Waals surface area contributed by atoms with Crippen LogP contribution in [0.1, 0.15) is 15.5 Å². The van der Waals surface area contributed by atoms with Crippen molar-refractivity contribution < 1.29 is 22.7 Å². The first-order chi connectivity index (χ1) is 11.9. The monoisotopic (exact) mass is 379 g/mol. The first-order valence-corrected chi connectivity index (χ1v) is 9.15. The molecule has 0 saturated carbocycles. The minimum absolute atomic E-state index is 0.0205. The van der Waals surface area contributed by atoms with Crippen molar-refractivity contribution in [2.24, 2.45) is 0 Å². The summed E-state index contributed by atoms with van der Waals surface area (Å²) in [5.74, 6) is -1.76. The molecule has 0 radical (unpaired) electrons. The van der Waals surface area contributed by atoms with Gasteiger partial charge >= 0.3 is 0 Å². The van der Waals surface area contributed by atoms with Crippen LogP contribution in [0.2, 0.25) is 0 Å². The molecule has 10 heteroatoms. The van der Waals surface area contributed by atoms with Crippen molar-refractivity contribution in [3.8, 4) is 0 Å². The number of nitrogens with one attached hydrogen (secondary N) is 1. The average molecular weight is 379 g/mol. The number of rotatable bonds is 5. The highest BCUT2D eigenvalue weighted by atomic mass is 32.2. The summed E-state index contributed by atoms with van der Waals surface area (Å²) in [4.78, 5) is 15.6. The fourth-order valence-electron chi connectivity index (χ4n) is 2.02. The predicted molar refractivity (Wildman–Crippen MR) is 87.5 cm³/mol. The smallest absolute Gasteiger partial charge is 0.208 e. The van der Waals surface area contributed by atoms with Gasteiger partial charge in [-0.25, -0.2) is 17.8 Å². The maximum atomic E-state index is 13.0. The second kappa shape index (κ2) is 6.57. The molecule has 1 aromatic carbocycles. The van der Waals surface area contributed by atoms with Crippen LogP contribution in [0.15, 0.2) is 57.9 Å². The summed E-state index contributed by atoms with van der Waals surface area (Å²) in [7, 11) is -4.00. The van der Waals surface area contributed by atoms with E-state index in [1.54, 1.807) is 0 Å². The summed E-state index contributed by atoms with van der Waals surface area (Å²) in [5, 5.41) is 17.2. The summed E-state index contributed by atoms with van der Waals surface area (Å²) < 4.78 is 38.3. The average Bonchev–Trinajstić information content (AvgIpc) is 3.27. The highest BCUT2D eigenvalue weighted by Crippen LogP contribution is 2.29. The second-order valence-corrected chi connectivity index (χ2v) is 7.63. The number of carbonyl (C=O) groups is 1. The van der Waals surface area contributed by atoms with E-state index in [0.29, 0.717) is 0 Å². The molecule has 0 spiro atoms. The molecular weight excluding hydrogens is 369 g/mol. The van der Waals surface area contributed by atoms with E-state index in [9.17, 15) is 22.7 Å². The van der Waals surface area contributed by atoms with E-state index in [-0.39, 0.29) is 20.5 Å². The summed E-state index contributed by atoms with van der Waals surface area (Å²) >= 11 is 0.917. The van der Waals surface area contributed by atoms with Gasteiger partial charge in [0.2, 0.25) is 15.6 Å². The fourth-order valence-corrected chi connectivity index (χ4v) is 4.62. The Labute approximate surface area is 145 Å². The summed E-state index contributed by atoms with van der Waals surface area (Å²) in [6.07, 6.45) is 2.01. The molecule has 0 aliphatic carbocycles. The zero-order valence-corrected chi connectivity index (χ0v) is 14.0. The summed E-state index contributed by atoms with van der Waals surface area (Å²) in [6, 6.07) is 5.58. The van der Waals surface area contributed by atoms with E-state index >= 15 is 0 Å². The lowest BCUT2D eigenvalue weighted by Gasteiger charge is -2.04. The molecule has 0 fully saturated rings. The van der Waals surface area contributed by atoms with E-state index < -0.39 is 27.2 Å². The SMILES string of the molecule is O=C(C=C(O)c1ncn[nH]1)c1sccc1S(=O)(=O)c1ccc(F)cc1. The number of thiophene rings is 1. The quantitative estimate of drug-likeness (QED) is 0.305. The van der Waals surface area contributed by atoms with Gasteiger partial charge in [-0.2, -0.15) is 5.10 Å². The maximum absolute atomic E-state index is 13.0. The molecule has 0 bridgehead atoms. The molecule has 0 unspecified atom stereocenters. The molecule has 3 rings (SSSR count). The largest absolute Gasteiger partial charge is 0.504 e. The van der Waals surface area contributed by atoms with Crippen LogP contribution in [0.3, 0.4) is 0 Å². The first kappa shape index (κ1) is 17.0. The van der Waals surface area contributed by atoms with Crippen molar-refractivity contribution in [3.63, 3.8) is 0 Å². The van der Waals surface area contributed by atoms with Gasteiger partial charge in [0.15, 0.2) is 11.6 Å². The molecule has 0 atom stereocenters. The number of hydrogen-bond acceptors (Lipinski definition) is 7. The van der Waals surface area contributed by atoms with Crippen LogP contribution >= 0.6 is 11.3 Å². The van der Waals surface area contributed by atoms with E-state index in [4.69, 9.17) is 0 Å². The lowest BCUT2D eigenvalue weighted by molar-refractivity contribution is 0.104. The standard InChI is InChI=1S/C15H10FN3O4S2/c16-9-1-3-10(4-2-9)25(22,23)13-5-6-24-14(13)11(20)7-12(21)15-17-8-18-19-15/h1-8,21H,(H,17,18,19). The number of nitrogens with zero attached hydrogens (tertiary/aromatic N) is 2. The molecule has 7 nitrogen and oxygen atoms in total. The van der Waals surface area contributed by atoms with Gasteiger partial charge < -0.3 is 5.11 Å². The number of aliphatic hydroxyl groups excluding tert-OH is 1. The number of aromatic amines is 1. The number of H-pyrrole nitrogens is 1. The number of aromatic nitrogens is 3. The molecule has 0 saturated heterocycles. The Morgan fingerprint density at radius 2 is 1.96 bits per heavy atom. The van der Waals surface area contributed by atoms with Gasteiger partial charge in [-0.05, 0) is 35.7 Å². The summed E-state index contributed by atoms with van der Waals surface area (Å²) in [5.41, 5.74) is 0. The van der Waals surface area contributed by atoms with Crippen LogP contribution < -0.4 is 0 Å². The number of sulfone groups is 1. The van der Waals surface area contributed by atoms with Crippen molar-refractivity contribution in [1.82, 2.24) is 15.2 Å². The molecule has 2 heterocycles. The third-order valence-electron chi connectivity index (χ3n) is 3.19. The van der Waals surface area contributed by atoms with E-state index in [2.05, 4.69) is 15.2 Å². The van der Waals surface area contributed by atoms with E-state index in [0.717, 1.165) is 48.0 Å². The van der Waals surface area contributed by atoms with Gasteiger partial charge in [0.25, 0.3) is 0 Å². The zero-order chi connectivity index (χ0) is 18.0. The number of aliphatic hydroxyl groups is 1. The normalized spacial score (nSPS) is 12.3. The third kappa shape index (κ3) is 3.35. The Kier molecular flexibility index (Phi) is 4.47. The van der Waals surface area contributed by atoms with Gasteiger partial charge in [0.05, 0.1) is 14.7 Å². The zero-order valence-electron chi connectivity index (χ0n) is 12.4.